The van der Waals surface area contributed by atoms with Crippen LogP contribution in [0.4, 0.5) is 5.82 Å². The standard InChI is InChI=1S/C12H12N4OS/c1-16-6-5-10(15-16)14-12(17)9-4-2-3-8(7-9)11(13)18/h2-7H,1H3,(H2,13,18)(H,14,15,17). The largest absolute Gasteiger partial charge is 0.389 e. The van der Waals surface area contributed by atoms with Crippen molar-refractivity contribution >= 4 is 28.9 Å². The van der Waals surface area contributed by atoms with Crippen molar-refractivity contribution < 1.29 is 4.79 Å². The Morgan fingerprint density at radius 3 is 2.72 bits per heavy atom. The summed E-state index contributed by atoms with van der Waals surface area (Å²) < 4.78 is 1.61. The third-order valence-corrected chi connectivity index (χ3v) is 2.60. The summed E-state index contributed by atoms with van der Waals surface area (Å²) in [5.41, 5.74) is 6.68. The van der Waals surface area contributed by atoms with Gasteiger partial charge in [0.1, 0.15) is 4.99 Å². The molecule has 0 aliphatic rings. The minimum absolute atomic E-state index is 0.244. The number of carbonyl (C=O) groups excluding carboxylic acids is 1. The first-order valence-corrected chi connectivity index (χ1v) is 5.68. The van der Waals surface area contributed by atoms with Gasteiger partial charge < -0.3 is 11.1 Å². The van der Waals surface area contributed by atoms with Gasteiger partial charge in [-0.1, -0.05) is 24.4 Å². The minimum Gasteiger partial charge on any atom is -0.389 e. The number of thiocarbonyl (C=S) groups is 1. The van der Waals surface area contributed by atoms with E-state index >= 15 is 0 Å². The van der Waals surface area contributed by atoms with E-state index in [1.54, 1.807) is 48.3 Å². The van der Waals surface area contributed by atoms with Crippen molar-refractivity contribution in [2.24, 2.45) is 12.8 Å². The molecule has 0 spiro atoms. The Hall–Kier alpha value is -2.21. The molecule has 3 N–H and O–H groups in total. The molecule has 2 rings (SSSR count). The molecule has 92 valence electrons. The Morgan fingerprint density at radius 2 is 2.11 bits per heavy atom. The second-order valence-electron chi connectivity index (χ2n) is 3.77. The molecule has 0 aliphatic heterocycles. The van der Waals surface area contributed by atoms with Crippen LogP contribution in [-0.2, 0) is 7.05 Å². The number of nitrogens with two attached hydrogens (primary N) is 1. The van der Waals surface area contributed by atoms with Crippen molar-refractivity contribution in [2.45, 2.75) is 0 Å². The van der Waals surface area contributed by atoms with Gasteiger partial charge in [0, 0.05) is 30.4 Å². The Balaban J connectivity index is 2.18. The van der Waals surface area contributed by atoms with E-state index in [2.05, 4.69) is 10.4 Å². The van der Waals surface area contributed by atoms with Crippen molar-refractivity contribution in [2.75, 3.05) is 5.32 Å². The van der Waals surface area contributed by atoms with E-state index < -0.39 is 0 Å². The summed E-state index contributed by atoms with van der Waals surface area (Å²) in [5, 5.41) is 6.76. The predicted octanol–water partition coefficient (Wildman–Crippen LogP) is 1.31. The van der Waals surface area contributed by atoms with Gasteiger partial charge in [-0.2, -0.15) is 5.10 Å². The number of hydrogen-bond donors (Lipinski definition) is 2. The van der Waals surface area contributed by atoms with E-state index in [4.69, 9.17) is 18.0 Å². The third-order valence-electron chi connectivity index (χ3n) is 2.36. The second kappa shape index (κ2) is 4.97. The summed E-state index contributed by atoms with van der Waals surface area (Å²) in [7, 11) is 1.78. The van der Waals surface area contributed by atoms with Crippen LogP contribution >= 0.6 is 12.2 Å². The van der Waals surface area contributed by atoms with Crippen LogP contribution < -0.4 is 11.1 Å². The van der Waals surface area contributed by atoms with E-state index in [0.29, 0.717) is 16.9 Å². The summed E-state index contributed by atoms with van der Waals surface area (Å²) in [4.78, 5) is 12.2. The van der Waals surface area contributed by atoms with Crippen molar-refractivity contribution in [1.29, 1.82) is 0 Å². The van der Waals surface area contributed by atoms with E-state index in [-0.39, 0.29) is 10.9 Å². The molecule has 1 aromatic carbocycles. The Labute approximate surface area is 110 Å². The highest BCUT2D eigenvalue weighted by molar-refractivity contribution is 7.80. The molecule has 0 saturated heterocycles. The van der Waals surface area contributed by atoms with Crippen LogP contribution in [0.5, 0.6) is 0 Å². The second-order valence-corrected chi connectivity index (χ2v) is 4.21. The fourth-order valence-corrected chi connectivity index (χ4v) is 1.61. The molecule has 0 radical (unpaired) electrons. The molecule has 1 amide bonds. The highest BCUT2D eigenvalue weighted by Crippen LogP contribution is 2.09. The smallest absolute Gasteiger partial charge is 0.256 e. The van der Waals surface area contributed by atoms with Crippen LogP contribution in [0.3, 0.4) is 0 Å². The molecule has 0 fully saturated rings. The summed E-state index contributed by atoms with van der Waals surface area (Å²) >= 11 is 4.87. The minimum atomic E-state index is -0.244. The van der Waals surface area contributed by atoms with Crippen molar-refractivity contribution in [3.63, 3.8) is 0 Å². The van der Waals surface area contributed by atoms with Gasteiger partial charge in [-0.15, -0.1) is 0 Å². The summed E-state index contributed by atoms with van der Waals surface area (Å²) in [6.07, 6.45) is 1.75. The van der Waals surface area contributed by atoms with Gasteiger partial charge in [0.25, 0.3) is 5.91 Å². The molecule has 0 aliphatic carbocycles. The maximum Gasteiger partial charge on any atom is 0.256 e. The molecule has 0 atom stereocenters. The van der Waals surface area contributed by atoms with E-state index in [0.717, 1.165) is 0 Å². The first-order valence-electron chi connectivity index (χ1n) is 5.27. The maximum atomic E-state index is 12.0. The fourth-order valence-electron chi connectivity index (χ4n) is 1.48. The SMILES string of the molecule is Cn1ccc(NC(=O)c2cccc(C(N)=S)c2)n1. The zero-order valence-corrected chi connectivity index (χ0v) is 10.6. The normalized spacial score (nSPS) is 10.1. The van der Waals surface area contributed by atoms with Crippen molar-refractivity contribution in [3.05, 3.63) is 47.7 Å². The van der Waals surface area contributed by atoms with Crippen molar-refractivity contribution in [1.82, 2.24) is 9.78 Å². The number of nitrogens with one attached hydrogen (secondary N) is 1. The zero-order chi connectivity index (χ0) is 13.1. The highest BCUT2D eigenvalue weighted by atomic mass is 32.1. The topological polar surface area (TPSA) is 72.9 Å². The summed E-state index contributed by atoms with van der Waals surface area (Å²) in [6.45, 7) is 0. The molecule has 5 nitrogen and oxygen atoms in total. The Bertz CT molecular complexity index is 606. The monoisotopic (exact) mass is 260 g/mol. The molecule has 1 aromatic heterocycles. The molecule has 0 bridgehead atoms. The van der Waals surface area contributed by atoms with Crippen LogP contribution in [0.15, 0.2) is 36.5 Å². The van der Waals surface area contributed by atoms with E-state index in [1.165, 1.54) is 0 Å². The number of aryl methyl sites for hydroxylation is 1. The molecule has 1 heterocycles. The van der Waals surface area contributed by atoms with E-state index in [1.807, 2.05) is 0 Å². The summed E-state index contributed by atoms with van der Waals surface area (Å²) in [5.74, 6) is 0.259. The first-order chi connectivity index (χ1) is 8.56. The van der Waals surface area contributed by atoms with Gasteiger partial charge in [0.15, 0.2) is 5.82 Å². The molecular weight excluding hydrogens is 248 g/mol. The number of anilines is 1. The highest BCUT2D eigenvalue weighted by Gasteiger charge is 2.08. The lowest BCUT2D eigenvalue weighted by atomic mass is 10.1. The molecular formula is C12H12N4OS. The lowest BCUT2D eigenvalue weighted by Gasteiger charge is -2.04. The maximum absolute atomic E-state index is 12.0. The number of nitrogens with zero attached hydrogens (tertiary/aromatic N) is 2. The summed E-state index contributed by atoms with van der Waals surface area (Å²) in [6, 6.07) is 8.57. The van der Waals surface area contributed by atoms with Gasteiger partial charge in [-0.05, 0) is 12.1 Å². The average Bonchev–Trinajstić information content (AvgIpc) is 2.75. The van der Waals surface area contributed by atoms with Gasteiger partial charge in [-0.3, -0.25) is 9.48 Å². The van der Waals surface area contributed by atoms with Gasteiger partial charge in [-0.25, -0.2) is 0 Å². The number of aromatic nitrogens is 2. The number of benzene rings is 1. The third kappa shape index (κ3) is 2.72. The Kier molecular flexibility index (Phi) is 3.38. The lowest BCUT2D eigenvalue weighted by molar-refractivity contribution is 0.102. The van der Waals surface area contributed by atoms with Gasteiger partial charge in [0.2, 0.25) is 0 Å². The zero-order valence-electron chi connectivity index (χ0n) is 9.75. The van der Waals surface area contributed by atoms with E-state index in [9.17, 15) is 4.79 Å². The van der Waals surface area contributed by atoms with Gasteiger partial charge >= 0.3 is 0 Å². The molecule has 0 unspecified atom stereocenters. The van der Waals surface area contributed by atoms with Crippen LogP contribution in [0, 0.1) is 0 Å². The average molecular weight is 260 g/mol. The van der Waals surface area contributed by atoms with Crippen LogP contribution in [-0.4, -0.2) is 20.7 Å². The number of rotatable bonds is 3. The Morgan fingerprint density at radius 1 is 1.39 bits per heavy atom. The van der Waals surface area contributed by atoms with Crippen LogP contribution in [0.2, 0.25) is 0 Å². The number of carbonyl (C=O) groups is 1. The molecule has 6 heteroatoms. The lowest BCUT2D eigenvalue weighted by Crippen LogP contribution is -2.15. The van der Waals surface area contributed by atoms with Crippen LogP contribution in [0.25, 0.3) is 0 Å². The number of amides is 1. The molecule has 0 saturated carbocycles. The van der Waals surface area contributed by atoms with Crippen LogP contribution in [0.1, 0.15) is 15.9 Å². The molecule has 18 heavy (non-hydrogen) atoms. The van der Waals surface area contributed by atoms with Gasteiger partial charge in [0.05, 0.1) is 0 Å². The molecule has 2 aromatic rings. The quantitative estimate of drug-likeness (QED) is 0.816. The first kappa shape index (κ1) is 12.3. The number of hydrogen-bond acceptors (Lipinski definition) is 3. The van der Waals surface area contributed by atoms with Crippen molar-refractivity contribution in [3.8, 4) is 0 Å². The predicted molar refractivity (Wildman–Crippen MR) is 73.5 cm³/mol. The fraction of sp³-hybridized carbons (Fsp3) is 0.0833.